The number of unbranched alkanes of at least 4 members (excludes halogenated alkanes) is 12. The Bertz CT molecular complexity index is 1270. The van der Waals surface area contributed by atoms with E-state index in [4.69, 9.17) is 42.6 Å². The summed E-state index contributed by atoms with van der Waals surface area (Å²) in [6, 6.07) is 18.4. The minimum Gasteiger partial charge on any atom is -0.497 e. The highest BCUT2D eigenvalue weighted by molar-refractivity contribution is 14.1. The molecule has 2 aromatic carbocycles. The van der Waals surface area contributed by atoms with Crippen molar-refractivity contribution in [3.63, 3.8) is 0 Å². The van der Waals surface area contributed by atoms with E-state index in [0.717, 1.165) is 29.7 Å². The first-order chi connectivity index (χ1) is 28.5. The summed E-state index contributed by atoms with van der Waals surface area (Å²) in [5.74, 6) is 0.808. The number of ether oxygens (including phenoxy) is 9. The molecule has 1 heterocycles. The van der Waals surface area contributed by atoms with Crippen molar-refractivity contribution < 1.29 is 47.4 Å². The van der Waals surface area contributed by atoms with E-state index in [1.165, 1.54) is 77.0 Å². The van der Waals surface area contributed by atoms with Gasteiger partial charge in [-0.1, -0.05) is 155 Å². The number of carbonyl (C=O) groups is 1. The van der Waals surface area contributed by atoms with Gasteiger partial charge in [-0.15, -0.1) is 0 Å². The van der Waals surface area contributed by atoms with Crippen LogP contribution in [0.15, 0.2) is 54.6 Å². The topological polar surface area (TPSA) is 100 Å². The first-order valence-corrected chi connectivity index (χ1v) is 23.5. The Labute approximate surface area is 364 Å². The smallest absolute Gasteiger partial charge is 0.497 e. The fourth-order valence-corrected chi connectivity index (χ4v) is 8.05. The number of cyclic esters (lactones) is 2. The van der Waals surface area contributed by atoms with E-state index in [9.17, 15) is 4.79 Å². The van der Waals surface area contributed by atoms with Crippen molar-refractivity contribution in [2.24, 2.45) is 0 Å². The average Bonchev–Trinajstić information content (AvgIpc) is 3.24. The van der Waals surface area contributed by atoms with E-state index in [1.54, 1.807) is 21.3 Å². The van der Waals surface area contributed by atoms with E-state index >= 15 is 0 Å². The lowest BCUT2D eigenvalue weighted by atomic mass is 9.95. The largest absolute Gasteiger partial charge is 0.508 e. The van der Waals surface area contributed by atoms with Crippen molar-refractivity contribution in [2.75, 3.05) is 39.3 Å². The Balaban J connectivity index is 1.69. The second-order valence-electron chi connectivity index (χ2n) is 15.7. The van der Waals surface area contributed by atoms with Crippen molar-refractivity contribution >= 4 is 28.7 Å². The maximum Gasteiger partial charge on any atom is 0.508 e. The van der Waals surface area contributed by atoms with Crippen molar-refractivity contribution in [3.05, 3.63) is 65.7 Å². The lowest BCUT2D eigenvalue weighted by Gasteiger charge is -2.32. The van der Waals surface area contributed by atoms with E-state index < -0.39 is 6.16 Å². The molecule has 1 fully saturated rings. The number of halogens is 1. The molecule has 1 aliphatic rings. The van der Waals surface area contributed by atoms with Crippen LogP contribution in [0.3, 0.4) is 0 Å². The third kappa shape index (κ3) is 23.1. The second kappa shape index (κ2) is 32.7. The summed E-state index contributed by atoms with van der Waals surface area (Å²) >= 11 is 2.24. The fraction of sp³-hybridized carbons (Fsp3) is 0.723. The first kappa shape index (κ1) is 50.4. The molecule has 0 bridgehead atoms. The van der Waals surface area contributed by atoms with E-state index in [1.807, 2.05) is 30.3 Å². The average molecular weight is 927 g/mol. The number of carbonyl (C=O) groups excluding carboxylic acids is 1. The van der Waals surface area contributed by atoms with Gasteiger partial charge >= 0.3 is 6.16 Å². The normalized spacial score (nSPS) is 17.6. The minimum atomic E-state index is -0.632. The van der Waals surface area contributed by atoms with Gasteiger partial charge in [0.2, 0.25) is 0 Å². The van der Waals surface area contributed by atoms with Gasteiger partial charge in [-0.05, 0) is 36.1 Å². The highest BCUT2D eigenvalue weighted by Gasteiger charge is 2.33. The number of rotatable bonds is 36. The summed E-state index contributed by atoms with van der Waals surface area (Å²) in [6.07, 6.45) is 19.2. The highest BCUT2D eigenvalue weighted by atomic mass is 127. The second-order valence-corrected chi connectivity index (χ2v) is 16.6. The van der Waals surface area contributed by atoms with Gasteiger partial charge in [-0.2, -0.15) is 0 Å². The maximum absolute atomic E-state index is 12.2. The molecule has 0 unspecified atom stereocenters. The summed E-state index contributed by atoms with van der Waals surface area (Å²) in [7, 11) is 4.90. The first-order valence-electron chi connectivity index (χ1n) is 22.0. The van der Waals surface area contributed by atoms with Crippen LogP contribution in [-0.4, -0.2) is 82.1 Å². The molecule has 1 aliphatic heterocycles. The molecule has 0 aliphatic carbocycles. The van der Waals surface area contributed by atoms with Gasteiger partial charge in [0.15, 0.2) is 0 Å². The summed E-state index contributed by atoms with van der Waals surface area (Å²) in [5, 5.41) is 0. The number of alkyl halides is 1. The molecule has 330 valence electrons. The van der Waals surface area contributed by atoms with Crippen LogP contribution in [0.4, 0.5) is 4.79 Å². The maximum atomic E-state index is 12.2. The zero-order valence-corrected chi connectivity index (χ0v) is 38.2. The summed E-state index contributed by atoms with van der Waals surface area (Å²) in [6.45, 7) is 3.51. The molecule has 0 N–H and O–H groups in total. The van der Waals surface area contributed by atoms with Crippen LogP contribution in [0, 0.1) is 0 Å². The van der Waals surface area contributed by atoms with Gasteiger partial charge in [0.1, 0.15) is 31.5 Å². The van der Waals surface area contributed by atoms with Crippen molar-refractivity contribution in [2.45, 2.75) is 179 Å². The Morgan fingerprint density at radius 1 is 0.603 bits per heavy atom. The van der Waals surface area contributed by atoms with Crippen LogP contribution in [0.2, 0.25) is 0 Å². The van der Waals surface area contributed by atoms with Crippen LogP contribution in [0.1, 0.15) is 140 Å². The van der Waals surface area contributed by atoms with Gasteiger partial charge in [-0.25, -0.2) is 4.79 Å². The molecular weight excluding hydrogens is 851 g/mol. The Hall–Kier alpha value is -2.00. The number of benzene rings is 2. The molecule has 10 nitrogen and oxygen atoms in total. The van der Waals surface area contributed by atoms with E-state index in [2.05, 4.69) is 53.8 Å². The molecule has 0 amide bonds. The summed E-state index contributed by atoms with van der Waals surface area (Å²) in [5.41, 5.74) is 2.22. The Morgan fingerprint density at radius 3 is 1.69 bits per heavy atom. The van der Waals surface area contributed by atoms with Gasteiger partial charge in [0.05, 0.1) is 44.7 Å². The van der Waals surface area contributed by atoms with Crippen LogP contribution in [0.25, 0.3) is 0 Å². The van der Waals surface area contributed by atoms with E-state index in [-0.39, 0.29) is 50.2 Å². The number of methoxy groups -OCH3 is 3. The molecule has 0 radical (unpaired) electrons. The zero-order chi connectivity index (χ0) is 41.5. The number of hydrogen-bond acceptors (Lipinski definition) is 10. The molecule has 6 atom stereocenters. The highest BCUT2D eigenvalue weighted by Crippen LogP contribution is 2.28. The van der Waals surface area contributed by atoms with Crippen molar-refractivity contribution in [1.29, 1.82) is 0 Å². The van der Waals surface area contributed by atoms with Crippen molar-refractivity contribution in [3.8, 4) is 5.75 Å². The molecule has 0 aromatic heterocycles. The summed E-state index contributed by atoms with van der Waals surface area (Å²) in [4.78, 5) is 12.2. The SMILES string of the molecule is CCCCCCCCCCCCCCC[C@H](C[C@@H](C[C@@H](C[C@@H](C[C@H]1C[C@@H](CI)OC(=O)O1)OCOC)OCOC)OCc1ccc(OC)cc1)OCc1ccccc1. The predicted molar refractivity (Wildman–Crippen MR) is 238 cm³/mol. The third-order valence-electron chi connectivity index (χ3n) is 10.8. The van der Waals surface area contributed by atoms with Crippen LogP contribution >= 0.6 is 22.6 Å². The molecule has 2 aromatic rings. The molecule has 0 spiro atoms. The lowest BCUT2D eigenvalue weighted by molar-refractivity contribution is -0.139. The number of hydrogen-bond donors (Lipinski definition) is 0. The monoisotopic (exact) mass is 926 g/mol. The van der Waals surface area contributed by atoms with Gasteiger partial charge in [0, 0.05) is 44.3 Å². The fourth-order valence-electron chi connectivity index (χ4n) is 7.51. The molecule has 11 heteroatoms. The molecule has 1 saturated heterocycles. The van der Waals surface area contributed by atoms with Crippen LogP contribution < -0.4 is 4.74 Å². The molecule has 58 heavy (non-hydrogen) atoms. The summed E-state index contributed by atoms with van der Waals surface area (Å²) < 4.78 is 53.8. The third-order valence-corrected chi connectivity index (χ3v) is 11.8. The Morgan fingerprint density at radius 2 is 1.10 bits per heavy atom. The standard InChI is InChI=1S/C47H75IO10/c1-5-6-7-8-9-10-11-12-13-14-15-16-20-23-41(53-34-38-21-18-17-19-22-38)28-42(54-35-39-24-26-40(52-4)27-25-39)29-43(55-36-50-2)30-44(56-37-51-3)31-45-32-46(33-48)58-47(49)57-45/h17-19,21-22,24-27,41-46H,5-16,20,23,28-37H2,1-4H3/t41-,42+,43+,44+,45+,46+/m1/s1. The van der Waals surface area contributed by atoms with Crippen LogP contribution in [-0.2, 0) is 51.1 Å². The zero-order valence-electron chi connectivity index (χ0n) is 36.1. The lowest BCUT2D eigenvalue weighted by Crippen LogP contribution is -2.39. The van der Waals surface area contributed by atoms with Crippen LogP contribution in [0.5, 0.6) is 5.75 Å². The predicted octanol–water partition coefficient (Wildman–Crippen LogP) is 11.9. The van der Waals surface area contributed by atoms with Gasteiger partial charge in [-0.3, -0.25) is 0 Å². The van der Waals surface area contributed by atoms with Crippen molar-refractivity contribution in [1.82, 2.24) is 0 Å². The molecule has 0 saturated carbocycles. The minimum absolute atomic E-state index is 0.00394. The quantitative estimate of drug-likeness (QED) is 0.0216. The molecular formula is C47H75IO10. The molecule has 3 rings (SSSR count). The van der Waals surface area contributed by atoms with Gasteiger partial charge < -0.3 is 42.6 Å². The Kier molecular flexibility index (Phi) is 28.4. The van der Waals surface area contributed by atoms with E-state index in [0.29, 0.717) is 49.7 Å². The van der Waals surface area contributed by atoms with Gasteiger partial charge in [0.25, 0.3) is 0 Å².